The molecule has 128 valence electrons. The highest BCUT2D eigenvalue weighted by atomic mass is 35.5. The van der Waals surface area contributed by atoms with Crippen molar-refractivity contribution in [3.8, 4) is 0 Å². The van der Waals surface area contributed by atoms with Crippen molar-refractivity contribution in [3.05, 3.63) is 68.7 Å². The number of carbonyl (C=O) groups is 1. The Morgan fingerprint density at radius 3 is 2.50 bits per heavy atom. The van der Waals surface area contributed by atoms with Gasteiger partial charge in [0, 0.05) is 17.1 Å². The first kappa shape index (κ1) is 18.6. The Labute approximate surface area is 148 Å². The molecule has 0 saturated heterocycles. The average Bonchev–Trinajstić information content (AvgIpc) is 2.55. The van der Waals surface area contributed by atoms with Gasteiger partial charge in [-0.15, -0.1) is 0 Å². The largest absolute Gasteiger partial charge is 0.352 e. The Balaban J connectivity index is 0.000000177. The average molecular weight is 373 g/mol. The quantitative estimate of drug-likeness (QED) is 0.843. The predicted molar refractivity (Wildman–Crippen MR) is 91.6 cm³/mol. The molecule has 0 aromatic heterocycles. The molecule has 2 aromatic rings. The zero-order valence-corrected chi connectivity index (χ0v) is 14.2. The zero-order valence-electron chi connectivity index (χ0n) is 12.7. The highest BCUT2D eigenvalue weighted by Gasteiger charge is 2.22. The second kappa shape index (κ2) is 8.42. The zero-order chi connectivity index (χ0) is 17.7. The number of benzene rings is 2. The van der Waals surface area contributed by atoms with Crippen LogP contribution in [-0.4, -0.2) is 19.0 Å². The predicted octanol–water partition coefficient (Wildman–Crippen LogP) is 3.75. The molecule has 1 aliphatic rings. The standard InChI is InChI=1S/C9H7ClFNO.C8H9ClFN/c10-6-1-2-7(11)5-3-4-12-9(13)8(5)6;9-7-1-2-8(10)6(5-7)3-4-11/h1-2H,3-4H2,(H,12,13);1-2,5H,3-4,11H2. The van der Waals surface area contributed by atoms with Crippen LogP contribution in [0.5, 0.6) is 0 Å². The van der Waals surface area contributed by atoms with E-state index in [1.165, 1.54) is 24.3 Å². The maximum atomic E-state index is 13.2. The molecule has 0 saturated carbocycles. The van der Waals surface area contributed by atoms with Crippen LogP contribution in [0.25, 0.3) is 0 Å². The van der Waals surface area contributed by atoms with E-state index in [0.717, 1.165) is 0 Å². The van der Waals surface area contributed by atoms with Gasteiger partial charge in [0.15, 0.2) is 0 Å². The molecular weight excluding hydrogens is 357 g/mol. The van der Waals surface area contributed by atoms with Gasteiger partial charge in [-0.3, -0.25) is 4.79 Å². The van der Waals surface area contributed by atoms with E-state index in [0.29, 0.717) is 47.1 Å². The molecule has 0 atom stereocenters. The van der Waals surface area contributed by atoms with Gasteiger partial charge in [-0.05, 0) is 55.3 Å². The molecule has 1 heterocycles. The topological polar surface area (TPSA) is 55.1 Å². The van der Waals surface area contributed by atoms with Crippen molar-refractivity contribution >= 4 is 29.1 Å². The Morgan fingerprint density at radius 1 is 1.12 bits per heavy atom. The van der Waals surface area contributed by atoms with Gasteiger partial charge < -0.3 is 11.1 Å². The van der Waals surface area contributed by atoms with Crippen LogP contribution in [0, 0.1) is 11.6 Å². The molecule has 24 heavy (non-hydrogen) atoms. The van der Waals surface area contributed by atoms with Gasteiger partial charge in [0.1, 0.15) is 11.6 Å². The van der Waals surface area contributed by atoms with Crippen LogP contribution in [0.1, 0.15) is 21.5 Å². The lowest BCUT2D eigenvalue weighted by Gasteiger charge is -2.17. The van der Waals surface area contributed by atoms with E-state index in [1.54, 1.807) is 6.07 Å². The first-order valence-electron chi connectivity index (χ1n) is 7.33. The van der Waals surface area contributed by atoms with Crippen molar-refractivity contribution in [1.82, 2.24) is 5.32 Å². The van der Waals surface area contributed by atoms with E-state index in [9.17, 15) is 13.6 Å². The molecule has 1 amide bonds. The summed E-state index contributed by atoms with van der Waals surface area (Å²) in [6, 6.07) is 7.17. The summed E-state index contributed by atoms with van der Waals surface area (Å²) in [5.74, 6) is -0.875. The number of amides is 1. The van der Waals surface area contributed by atoms with E-state index < -0.39 is 0 Å². The molecule has 3 N–H and O–H groups in total. The minimum absolute atomic E-state index is 0.236. The summed E-state index contributed by atoms with van der Waals surface area (Å²) in [4.78, 5) is 11.3. The first-order chi connectivity index (χ1) is 11.4. The normalized spacial score (nSPS) is 12.8. The number of hydrogen-bond donors (Lipinski definition) is 2. The molecule has 7 heteroatoms. The Hall–Kier alpha value is -1.69. The third-order valence-electron chi connectivity index (χ3n) is 3.51. The molecule has 2 aromatic carbocycles. The molecule has 3 nitrogen and oxygen atoms in total. The van der Waals surface area contributed by atoms with Crippen molar-refractivity contribution < 1.29 is 13.6 Å². The molecular formula is C17H16Cl2F2N2O. The van der Waals surface area contributed by atoms with Crippen LogP contribution < -0.4 is 11.1 Å². The van der Waals surface area contributed by atoms with Crippen molar-refractivity contribution in [2.75, 3.05) is 13.1 Å². The number of nitrogens with one attached hydrogen (secondary N) is 1. The van der Waals surface area contributed by atoms with Gasteiger partial charge >= 0.3 is 0 Å². The van der Waals surface area contributed by atoms with Crippen molar-refractivity contribution in [2.45, 2.75) is 12.8 Å². The molecule has 0 fully saturated rings. The molecule has 0 spiro atoms. The minimum Gasteiger partial charge on any atom is -0.352 e. The fourth-order valence-electron chi connectivity index (χ4n) is 2.36. The number of hydrogen-bond acceptors (Lipinski definition) is 2. The van der Waals surface area contributed by atoms with Gasteiger partial charge in [-0.25, -0.2) is 8.78 Å². The molecule has 0 unspecified atom stereocenters. The third kappa shape index (κ3) is 4.44. The van der Waals surface area contributed by atoms with Gasteiger partial charge in [0.25, 0.3) is 5.91 Å². The lowest BCUT2D eigenvalue weighted by Crippen LogP contribution is -2.32. The van der Waals surface area contributed by atoms with E-state index in [2.05, 4.69) is 5.32 Å². The van der Waals surface area contributed by atoms with Crippen molar-refractivity contribution in [3.63, 3.8) is 0 Å². The molecule has 0 aliphatic carbocycles. The highest BCUT2D eigenvalue weighted by molar-refractivity contribution is 6.34. The number of carbonyl (C=O) groups excluding carboxylic acids is 1. The number of rotatable bonds is 2. The van der Waals surface area contributed by atoms with Gasteiger partial charge in [-0.2, -0.15) is 0 Å². The molecule has 3 rings (SSSR count). The second-order valence-corrected chi connectivity index (χ2v) is 6.01. The Kier molecular flexibility index (Phi) is 6.54. The fourth-order valence-corrected chi connectivity index (χ4v) is 2.82. The van der Waals surface area contributed by atoms with Crippen molar-refractivity contribution in [2.24, 2.45) is 5.73 Å². The summed E-state index contributed by atoms with van der Waals surface area (Å²) in [7, 11) is 0. The van der Waals surface area contributed by atoms with Crippen LogP contribution in [0.3, 0.4) is 0 Å². The van der Waals surface area contributed by atoms with Crippen molar-refractivity contribution in [1.29, 1.82) is 0 Å². The van der Waals surface area contributed by atoms with E-state index in [-0.39, 0.29) is 23.1 Å². The lowest BCUT2D eigenvalue weighted by atomic mass is 10.00. The van der Waals surface area contributed by atoms with Gasteiger partial charge in [0.05, 0.1) is 10.6 Å². The van der Waals surface area contributed by atoms with Gasteiger partial charge in [-0.1, -0.05) is 23.2 Å². The third-order valence-corrected chi connectivity index (χ3v) is 4.06. The van der Waals surface area contributed by atoms with E-state index in [1.807, 2.05) is 0 Å². The maximum absolute atomic E-state index is 13.2. The summed E-state index contributed by atoms with van der Waals surface area (Å²) in [6.45, 7) is 0.917. The first-order valence-corrected chi connectivity index (χ1v) is 8.08. The van der Waals surface area contributed by atoms with E-state index >= 15 is 0 Å². The summed E-state index contributed by atoms with van der Waals surface area (Å²) < 4.78 is 26.0. The highest BCUT2D eigenvalue weighted by Crippen LogP contribution is 2.25. The summed E-state index contributed by atoms with van der Waals surface area (Å²) >= 11 is 11.4. The molecule has 0 bridgehead atoms. The van der Waals surface area contributed by atoms with Gasteiger partial charge in [0.2, 0.25) is 0 Å². The minimum atomic E-state index is -0.353. The van der Waals surface area contributed by atoms with Crippen LogP contribution in [-0.2, 0) is 12.8 Å². The fraction of sp³-hybridized carbons (Fsp3) is 0.235. The number of halogens is 4. The number of nitrogens with two attached hydrogens (primary N) is 1. The summed E-state index contributed by atoms with van der Waals surface area (Å²) in [5.41, 5.74) is 6.57. The summed E-state index contributed by atoms with van der Waals surface area (Å²) in [6.07, 6.45) is 1.04. The van der Waals surface area contributed by atoms with Crippen LogP contribution in [0.2, 0.25) is 10.0 Å². The number of fused-ring (bicyclic) bond motifs is 1. The van der Waals surface area contributed by atoms with Crippen LogP contribution in [0.15, 0.2) is 30.3 Å². The van der Waals surface area contributed by atoms with Crippen LogP contribution in [0.4, 0.5) is 8.78 Å². The lowest BCUT2D eigenvalue weighted by molar-refractivity contribution is 0.0945. The maximum Gasteiger partial charge on any atom is 0.253 e. The monoisotopic (exact) mass is 372 g/mol. The van der Waals surface area contributed by atoms with E-state index in [4.69, 9.17) is 28.9 Å². The second-order valence-electron chi connectivity index (χ2n) is 5.16. The smallest absolute Gasteiger partial charge is 0.253 e. The SMILES string of the molecule is NCCc1cc(Cl)ccc1F.O=C1NCCc2c(F)ccc(Cl)c21. The Morgan fingerprint density at radius 2 is 1.83 bits per heavy atom. The molecule has 0 radical (unpaired) electrons. The Bertz CT molecular complexity index is 754. The van der Waals surface area contributed by atoms with Crippen LogP contribution >= 0.6 is 23.2 Å². The summed E-state index contributed by atoms with van der Waals surface area (Å²) in [5, 5.41) is 3.48. The molecule has 1 aliphatic heterocycles.